The Labute approximate surface area is 97.3 Å². The van der Waals surface area contributed by atoms with Crippen molar-refractivity contribution in [2.24, 2.45) is 0 Å². The molecule has 0 bridgehead atoms. The van der Waals surface area contributed by atoms with Crippen molar-refractivity contribution in [3.8, 4) is 0 Å². The van der Waals surface area contributed by atoms with Gasteiger partial charge in [0.1, 0.15) is 0 Å². The van der Waals surface area contributed by atoms with Crippen molar-refractivity contribution in [2.45, 2.75) is 5.79 Å². The van der Waals surface area contributed by atoms with Crippen LogP contribution in [0, 0.1) is 0 Å². The molecule has 1 aliphatic heterocycles. The highest BCUT2D eigenvalue weighted by molar-refractivity contribution is 9.10. The quantitative estimate of drug-likeness (QED) is 0.784. The van der Waals surface area contributed by atoms with E-state index in [1.807, 2.05) is 6.07 Å². The Bertz CT molecular complexity index is 347. The molecule has 0 saturated carbocycles. The number of rotatable bonds is 3. The Balaban J connectivity index is 2.09. The molecule has 0 N–H and O–H groups in total. The molecule has 2 heterocycles. The second kappa shape index (κ2) is 4.08. The molecule has 5 heteroatoms. The zero-order valence-electron chi connectivity index (χ0n) is 8.74. The summed E-state index contributed by atoms with van der Waals surface area (Å²) in [6, 6.07) is 1.97. The Morgan fingerprint density at radius 2 is 2.07 bits per heavy atom. The number of hydrogen-bond acceptors (Lipinski definition) is 4. The summed E-state index contributed by atoms with van der Waals surface area (Å²) >= 11 is 3.47. The summed E-state index contributed by atoms with van der Waals surface area (Å²) in [5, 5.41) is 0. The van der Waals surface area contributed by atoms with Crippen LogP contribution in [0.5, 0.6) is 0 Å². The van der Waals surface area contributed by atoms with Gasteiger partial charge in [-0.3, -0.25) is 4.98 Å². The first-order chi connectivity index (χ1) is 7.21. The highest BCUT2D eigenvalue weighted by Crippen LogP contribution is 2.34. The molecule has 1 fully saturated rings. The summed E-state index contributed by atoms with van der Waals surface area (Å²) in [6.45, 7) is 1.48. The number of aromatic nitrogens is 1. The van der Waals surface area contributed by atoms with E-state index in [1.54, 1.807) is 26.6 Å². The van der Waals surface area contributed by atoms with Gasteiger partial charge in [-0.1, -0.05) is 0 Å². The monoisotopic (exact) mass is 272 g/mol. The van der Waals surface area contributed by atoms with Gasteiger partial charge in [-0.2, -0.15) is 0 Å². The van der Waals surface area contributed by atoms with Crippen molar-refractivity contribution < 1.29 is 9.47 Å². The summed E-state index contributed by atoms with van der Waals surface area (Å²) in [7, 11) is 3.34. The maximum absolute atomic E-state index is 5.32. The number of nitrogens with zero attached hydrogens (tertiary/aromatic N) is 2. The third kappa shape index (κ3) is 1.87. The highest BCUT2D eigenvalue weighted by Gasteiger charge is 2.44. The van der Waals surface area contributed by atoms with Crippen LogP contribution >= 0.6 is 15.9 Å². The summed E-state index contributed by atoms with van der Waals surface area (Å²) in [4.78, 5) is 6.21. The largest absolute Gasteiger partial charge is 0.360 e. The van der Waals surface area contributed by atoms with E-state index in [1.165, 1.54) is 0 Å². The first-order valence-electron chi connectivity index (χ1n) is 4.65. The van der Waals surface area contributed by atoms with Crippen LogP contribution in [0.3, 0.4) is 0 Å². The molecular formula is C10H13BrN2O2. The maximum atomic E-state index is 5.32. The molecule has 1 aliphatic rings. The molecule has 0 radical (unpaired) electrons. The molecule has 82 valence electrons. The Morgan fingerprint density at radius 3 is 2.60 bits per heavy atom. The fourth-order valence-corrected chi connectivity index (χ4v) is 2.17. The lowest BCUT2D eigenvalue weighted by atomic mass is 10.1. The molecule has 0 atom stereocenters. The van der Waals surface area contributed by atoms with Crippen molar-refractivity contribution >= 4 is 21.6 Å². The normalized spacial score (nSPS) is 18.7. The molecule has 0 aliphatic carbocycles. The lowest BCUT2D eigenvalue weighted by molar-refractivity contribution is -0.219. The minimum Gasteiger partial charge on any atom is -0.360 e. The Hall–Kier alpha value is -0.650. The summed E-state index contributed by atoms with van der Waals surface area (Å²) in [5.74, 6) is -0.442. The van der Waals surface area contributed by atoms with Gasteiger partial charge < -0.3 is 14.4 Å². The SMILES string of the molecule is COC1(OC)CN(c2ccncc2Br)C1. The van der Waals surface area contributed by atoms with E-state index < -0.39 is 5.79 Å². The van der Waals surface area contributed by atoms with Crippen LogP contribution in [0.1, 0.15) is 0 Å². The maximum Gasteiger partial charge on any atom is 0.203 e. The average molecular weight is 273 g/mol. The summed E-state index contributed by atoms with van der Waals surface area (Å²) in [6.07, 6.45) is 3.56. The van der Waals surface area contributed by atoms with Gasteiger partial charge in [0.15, 0.2) is 0 Å². The number of ether oxygens (including phenoxy) is 2. The summed E-state index contributed by atoms with van der Waals surface area (Å²) < 4.78 is 11.6. The van der Waals surface area contributed by atoms with Crippen LogP contribution in [0.15, 0.2) is 22.9 Å². The van der Waals surface area contributed by atoms with E-state index >= 15 is 0 Å². The molecule has 0 amide bonds. The van der Waals surface area contributed by atoms with Crippen LogP contribution in [0.4, 0.5) is 5.69 Å². The fraction of sp³-hybridized carbons (Fsp3) is 0.500. The van der Waals surface area contributed by atoms with Gasteiger partial charge in [0.05, 0.1) is 23.2 Å². The molecule has 4 nitrogen and oxygen atoms in total. The Kier molecular flexibility index (Phi) is 2.95. The van der Waals surface area contributed by atoms with Crippen molar-refractivity contribution in [2.75, 3.05) is 32.2 Å². The number of hydrogen-bond donors (Lipinski definition) is 0. The Morgan fingerprint density at radius 1 is 1.40 bits per heavy atom. The predicted molar refractivity (Wildman–Crippen MR) is 60.9 cm³/mol. The second-order valence-corrected chi connectivity index (χ2v) is 4.36. The molecule has 1 aromatic heterocycles. The van der Waals surface area contributed by atoms with Crippen LogP contribution in [-0.2, 0) is 9.47 Å². The lowest BCUT2D eigenvalue weighted by Gasteiger charge is -2.48. The van der Waals surface area contributed by atoms with Gasteiger partial charge in [-0.15, -0.1) is 0 Å². The predicted octanol–water partition coefficient (Wildman–Crippen LogP) is 1.65. The van der Waals surface area contributed by atoms with Gasteiger partial charge in [0, 0.05) is 26.6 Å². The number of methoxy groups -OCH3 is 2. The molecule has 0 aromatic carbocycles. The third-order valence-corrected chi connectivity index (χ3v) is 3.31. The number of anilines is 1. The zero-order valence-corrected chi connectivity index (χ0v) is 10.3. The standard InChI is InChI=1S/C10H13BrN2O2/c1-14-10(15-2)6-13(7-10)9-3-4-12-5-8(9)11/h3-5H,6-7H2,1-2H3. The topological polar surface area (TPSA) is 34.6 Å². The molecule has 1 aromatic rings. The van der Waals surface area contributed by atoms with Crippen molar-refractivity contribution in [3.63, 3.8) is 0 Å². The van der Waals surface area contributed by atoms with E-state index in [4.69, 9.17) is 9.47 Å². The molecule has 0 unspecified atom stereocenters. The van der Waals surface area contributed by atoms with E-state index in [-0.39, 0.29) is 0 Å². The second-order valence-electron chi connectivity index (χ2n) is 3.50. The molecule has 0 spiro atoms. The first kappa shape index (κ1) is 10.9. The number of pyridine rings is 1. The average Bonchev–Trinajstić information content (AvgIpc) is 2.20. The zero-order chi connectivity index (χ0) is 10.9. The lowest BCUT2D eigenvalue weighted by Crippen LogP contribution is -2.64. The van der Waals surface area contributed by atoms with Gasteiger partial charge in [-0.05, 0) is 22.0 Å². The van der Waals surface area contributed by atoms with Crippen LogP contribution < -0.4 is 4.90 Å². The van der Waals surface area contributed by atoms with Crippen molar-refractivity contribution in [1.29, 1.82) is 0 Å². The molecular weight excluding hydrogens is 260 g/mol. The van der Waals surface area contributed by atoms with Crippen molar-refractivity contribution in [3.05, 3.63) is 22.9 Å². The minimum absolute atomic E-state index is 0.442. The highest BCUT2D eigenvalue weighted by atomic mass is 79.9. The summed E-state index contributed by atoms with van der Waals surface area (Å²) in [5.41, 5.74) is 1.12. The number of halogens is 1. The van der Waals surface area contributed by atoms with Gasteiger partial charge in [0.25, 0.3) is 0 Å². The van der Waals surface area contributed by atoms with Crippen LogP contribution in [0.2, 0.25) is 0 Å². The van der Waals surface area contributed by atoms with Crippen LogP contribution in [-0.4, -0.2) is 38.1 Å². The minimum atomic E-state index is -0.442. The van der Waals surface area contributed by atoms with Gasteiger partial charge in [0.2, 0.25) is 5.79 Å². The molecule has 2 rings (SSSR count). The van der Waals surface area contributed by atoms with E-state index in [0.717, 1.165) is 23.2 Å². The molecule has 15 heavy (non-hydrogen) atoms. The van der Waals surface area contributed by atoms with E-state index in [2.05, 4.69) is 25.8 Å². The molecule has 1 saturated heterocycles. The van der Waals surface area contributed by atoms with Gasteiger partial charge >= 0.3 is 0 Å². The van der Waals surface area contributed by atoms with E-state index in [0.29, 0.717) is 0 Å². The van der Waals surface area contributed by atoms with E-state index in [9.17, 15) is 0 Å². The smallest absolute Gasteiger partial charge is 0.203 e. The van der Waals surface area contributed by atoms with Crippen LogP contribution in [0.25, 0.3) is 0 Å². The fourth-order valence-electron chi connectivity index (χ4n) is 1.67. The first-order valence-corrected chi connectivity index (χ1v) is 5.45. The van der Waals surface area contributed by atoms with Crippen molar-refractivity contribution in [1.82, 2.24) is 4.98 Å². The van der Waals surface area contributed by atoms with Gasteiger partial charge in [-0.25, -0.2) is 0 Å². The third-order valence-electron chi connectivity index (χ3n) is 2.70.